The predicted octanol–water partition coefficient (Wildman–Crippen LogP) is 3.43. The molecule has 17 heavy (non-hydrogen) atoms. The number of rotatable bonds is 2. The van der Waals surface area contributed by atoms with Crippen molar-refractivity contribution in [1.29, 1.82) is 0 Å². The molecule has 0 N–H and O–H groups in total. The lowest BCUT2D eigenvalue weighted by Gasteiger charge is -2.08. The average Bonchev–Trinajstić information content (AvgIpc) is 2.35. The van der Waals surface area contributed by atoms with Crippen LogP contribution < -0.4 is 0 Å². The molecule has 0 aliphatic rings. The summed E-state index contributed by atoms with van der Waals surface area (Å²) >= 11 is 0. The minimum atomic E-state index is -0.602. The number of benzene rings is 2. The molecule has 0 atom stereocenters. The Balaban J connectivity index is 2.59. The van der Waals surface area contributed by atoms with Gasteiger partial charge in [0, 0.05) is 12.6 Å². The topological polar surface area (TPSA) is 12.4 Å². The van der Waals surface area contributed by atoms with Gasteiger partial charge in [0.1, 0.15) is 11.6 Å². The fourth-order valence-electron chi connectivity index (χ4n) is 1.71. The van der Waals surface area contributed by atoms with Crippen molar-refractivity contribution in [3.63, 3.8) is 0 Å². The van der Waals surface area contributed by atoms with Gasteiger partial charge in [-0.25, -0.2) is 8.78 Å². The van der Waals surface area contributed by atoms with Gasteiger partial charge in [0.25, 0.3) is 0 Å². The zero-order valence-corrected chi connectivity index (χ0v) is 9.32. The maximum atomic E-state index is 13.7. The zero-order valence-electron chi connectivity index (χ0n) is 9.32. The summed E-state index contributed by atoms with van der Waals surface area (Å²) in [5.41, 5.74) is 0.932. The highest BCUT2D eigenvalue weighted by atomic mass is 19.1. The van der Waals surface area contributed by atoms with Gasteiger partial charge in [-0.3, -0.25) is 4.99 Å². The highest BCUT2D eigenvalue weighted by Crippen LogP contribution is 2.17. The fourth-order valence-corrected chi connectivity index (χ4v) is 1.71. The van der Waals surface area contributed by atoms with Crippen LogP contribution in [-0.2, 0) is 0 Å². The molecule has 3 heteroatoms. The third kappa shape index (κ3) is 2.23. The third-order valence-corrected chi connectivity index (χ3v) is 2.47. The molecule has 0 aliphatic heterocycles. The van der Waals surface area contributed by atoms with Crippen LogP contribution >= 0.6 is 0 Å². The van der Waals surface area contributed by atoms with Crippen LogP contribution in [-0.4, -0.2) is 12.8 Å². The van der Waals surface area contributed by atoms with Crippen LogP contribution in [0.15, 0.2) is 53.5 Å². The van der Waals surface area contributed by atoms with Crippen molar-refractivity contribution >= 4 is 5.71 Å². The molecular weight excluding hydrogens is 220 g/mol. The standard InChI is InChI=1S/C14H11F2N/c1-17-14(10-6-3-2-4-7-10)13-11(15)8-5-9-12(13)16/h2-9H,1H3. The first kappa shape index (κ1) is 11.5. The quantitative estimate of drug-likeness (QED) is 0.702. The minimum absolute atomic E-state index is 0.0822. The van der Waals surface area contributed by atoms with Gasteiger partial charge in [-0.2, -0.15) is 0 Å². The Morgan fingerprint density at radius 2 is 1.47 bits per heavy atom. The molecule has 0 spiro atoms. The van der Waals surface area contributed by atoms with Crippen LogP contribution in [0.1, 0.15) is 11.1 Å². The van der Waals surface area contributed by atoms with E-state index in [9.17, 15) is 8.78 Å². The van der Waals surface area contributed by atoms with Crippen molar-refractivity contribution in [1.82, 2.24) is 0 Å². The van der Waals surface area contributed by atoms with E-state index in [-0.39, 0.29) is 5.56 Å². The van der Waals surface area contributed by atoms with E-state index in [1.807, 2.05) is 6.07 Å². The van der Waals surface area contributed by atoms with Gasteiger partial charge in [-0.1, -0.05) is 36.4 Å². The molecular formula is C14H11F2N. The molecule has 2 aromatic rings. The predicted molar refractivity (Wildman–Crippen MR) is 64.4 cm³/mol. The summed E-state index contributed by atoms with van der Waals surface area (Å²) < 4.78 is 27.3. The van der Waals surface area contributed by atoms with Gasteiger partial charge < -0.3 is 0 Å². The molecule has 0 saturated carbocycles. The molecule has 0 amide bonds. The first-order valence-electron chi connectivity index (χ1n) is 5.20. The second-order valence-corrected chi connectivity index (χ2v) is 3.53. The van der Waals surface area contributed by atoms with Gasteiger partial charge >= 0.3 is 0 Å². The molecule has 0 heterocycles. The minimum Gasteiger partial charge on any atom is -0.287 e. The number of nitrogens with zero attached hydrogens (tertiary/aromatic N) is 1. The molecule has 0 fully saturated rings. The van der Waals surface area contributed by atoms with Gasteiger partial charge in [0.05, 0.1) is 11.3 Å². The Bertz CT molecular complexity index is 527. The summed E-state index contributed by atoms with van der Waals surface area (Å²) in [6, 6.07) is 12.8. The Kier molecular flexibility index (Phi) is 3.28. The highest BCUT2D eigenvalue weighted by molar-refractivity contribution is 6.13. The van der Waals surface area contributed by atoms with Crippen LogP contribution in [0.3, 0.4) is 0 Å². The SMILES string of the molecule is CN=C(c1ccccc1)c1c(F)cccc1F. The summed E-state index contributed by atoms with van der Waals surface area (Å²) in [7, 11) is 1.52. The lowest BCUT2D eigenvalue weighted by molar-refractivity contribution is 0.579. The van der Waals surface area contributed by atoms with Crippen molar-refractivity contribution < 1.29 is 8.78 Å². The molecule has 2 rings (SSSR count). The van der Waals surface area contributed by atoms with E-state index in [2.05, 4.69) is 4.99 Å². The van der Waals surface area contributed by atoms with Crippen molar-refractivity contribution in [2.45, 2.75) is 0 Å². The van der Waals surface area contributed by atoms with E-state index in [1.165, 1.54) is 25.2 Å². The molecule has 0 unspecified atom stereocenters. The smallest absolute Gasteiger partial charge is 0.135 e. The molecule has 0 aliphatic carbocycles. The van der Waals surface area contributed by atoms with E-state index in [1.54, 1.807) is 24.3 Å². The van der Waals surface area contributed by atoms with Crippen LogP contribution in [0.25, 0.3) is 0 Å². The van der Waals surface area contributed by atoms with Crippen LogP contribution in [0.4, 0.5) is 8.78 Å². The van der Waals surface area contributed by atoms with E-state index in [4.69, 9.17) is 0 Å². The Hall–Kier alpha value is -2.03. The molecule has 2 aromatic carbocycles. The zero-order chi connectivity index (χ0) is 12.3. The van der Waals surface area contributed by atoms with Gasteiger partial charge in [-0.15, -0.1) is 0 Å². The van der Waals surface area contributed by atoms with Crippen LogP contribution in [0, 0.1) is 11.6 Å². The summed E-state index contributed by atoms with van der Waals surface area (Å²) in [6.45, 7) is 0. The molecule has 0 saturated heterocycles. The summed E-state index contributed by atoms with van der Waals surface area (Å²) in [4.78, 5) is 3.99. The maximum absolute atomic E-state index is 13.7. The van der Waals surface area contributed by atoms with E-state index >= 15 is 0 Å². The Morgan fingerprint density at radius 3 is 2.00 bits per heavy atom. The maximum Gasteiger partial charge on any atom is 0.135 e. The second-order valence-electron chi connectivity index (χ2n) is 3.53. The Morgan fingerprint density at radius 1 is 0.882 bits per heavy atom. The lowest BCUT2D eigenvalue weighted by Crippen LogP contribution is -2.08. The lowest BCUT2D eigenvalue weighted by atomic mass is 10.0. The molecule has 1 nitrogen and oxygen atoms in total. The molecule has 0 radical (unpaired) electrons. The second kappa shape index (κ2) is 4.87. The average molecular weight is 231 g/mol. The van der Waals surface area contributed by atoms with E-state index in [0.29, 0.717) is 11.3 Å². The van der Waals surface area contributed by atoms with Crippen LogP contribution in [0.5, 0.6) is 0 Å². The number of aliphatic imine (C=N–C) groups is 1. The van der Waals surface area contributed by atoms with Crippen molar-refractivity contribution in [2.24, 2.45) is 4.99 Å². The van der Waals surface area contributed by atoms with E-state index < -0.39 is 11.6 Å². The van der Waals surface area contributed by atoms with Crippen molar-refractivity contribution in [3.8, 4) is 0 Å². The summed E-state index contributed by atoms with van der Waals surface area (Å²) in [5, 5.41) is 0. The number of hydrogen-bond donors (Lipinski definition) is 0. The van der Waals surface area contributed by atoms with Gasteiger partial charge in [-0.05, 0) is 12.1 Å². The van der Waals surface area contributed by atoms with E-state index in [0.717, 1.165) is 0 Å². The van der Waals surface area contributed by atoms with Crippen molar-refractivity contribution in [2.75, 3.05) is 7.05 Å². The van der Waals surface area contributed by atoms with Gasteiger partial charge in [0.2, 0.25) is 0 Å². The molecule has 86 valence electrons. The summed E-state index contributed by atoms with van der Waals surface area (Å²) in [5.74, 6) is -1.20. The normalized spacial score (nSPS) is 11.6. The Labute approximate surface area is 98.4 Å². The number of hydrogen-bond acceptors (Lipinski definition) is 1. The fraction of sp³-hybridized carbons (Fsp3) is 0.0714. The van der Waals surface area contributed by atoms with Gasteiger partial charge in [0.15, 0.2) is 0 Å². The third-order valence-electron chi connectivity index (χ3n) is 2.47. The van der Waals surface area contributed by atoms with Crippen molar-refractivity contribution in [3.05, 3.63) is 71.3 Å². The first-order valence-corrected chi connectivity index (χ1v) is 5.20. The summed E-state index contributed by atoms with van der Waals surface area (Å²) in [6.07, 6.45) is 0. The molecule has 0 aromatic heterocycles. The monoisotopic (exact) mass is 231 g/mol. The number of halogens is 2. The van der Waals surface area contributed by atoms with Crippen LogP contribution in [0.2, 0.25) is 0 Å². The largest absolute Gasteiger partial charge is 0.287 e. The first-order chi connectivity index (χ1) is 8.24. The highest BCUT2D eigenvalue weighted by Gasteiger charge is 2.15. The molecule has 0 bridgehead atoms.